The molecular formula is C22H20F2N4O4. The monoisotopic (exact) mass is 442 g/mol. The number of amides is 1. The Labute approximate surface area is 181 Å². The molecule has 1 aliphatic carbocycles. The highest BCUT2D eigenvalue weighted by atomic mass is 19.3. The van der Waals surface area contributed by atoms with Crippen LogP contribution in [0.4, 0.5) is 20.3 Å². The summed E-state index contributed by atoms with van der Waals surface area (Å²) in [5.41, 5.74) is 1.35. The fourth-order valence-electron chi connectivity index (χ4n) is 3.55. The van der Waals surface area contributed by atoms with E-state index in [2.05, 4.69) is 20.6 Å². The van der Waals surface area contributed by atoms with Crippen molar-refractivity contribution in [3.05, 3.63) is 59.9 Å². The molecule has 1 saturated carbocycles. The first-order chi connectivity index (χ1) is 15.3. The van der Waals surface area contributed by atoms with Gasteiger partial charge in [0, 0.05) is 24.1 Å². The van der Waals surface area contributed by atoms with Crippen LogP contribution in [0.5, 0.6) is 0 Å². The fourth-order valence-corrected chi connectivity index (χ4v) is 3.55. The number of fused-ring (bicyclic) bond motifs is 1. The maximum Gasteiger partial charge on any atom is 0.337 e. The smallest absolute Gasteiger partial charge is 0.337 e. The largest absolute Gasteiger partial charge is 0.478 e. The molecule has 10 heteroatoms. The number of hydrogen-bond donors (Lipinski definition) is 4. The molecule has 0 saturated heterocycles. The highest BCUT2D eigenvalue weighted by molar-refractivity contribution is 6.04. The van der Waals surface area contributed by atoms with Crippen LogP contribution in [0.2, 0.25) is 0 Å². The Kier molecular flexibility index (Phi) is 5.70. The van der Waals surface area contributed by atoms with E-state index in [-0.39, 0.29) is 24.1 Å². The van der Waals surface area contributed by atoms with Gasteiger partial charge in [0.25, 0.3) is 5.92 Å². The number of nitrogens with zero attached hydrogens (tertiary/aromatic N) is 2. The Morgan fingerprint density at radius 2 is 1.94 bits per heavy atom. The van der Waals surface area contributed by atoms with Crippen LogP contribution in [0.1, 0.15) is 34.8 Å². The average Bonchev–Trinajstić information content (AvgIpc) is 3.41. The number of anilines is 2. The molecule has 1 fully saturated rings. The van der Waals surface area contributed by atoms with Gasteiger partial charge in [0.15, 0.2) is 0 Å². The summed E-state index contributed by atoms with van der Waals surface area (Å²) in [7, 11) is 0. The van der Waals surface area contributed by atoms with E-state index in [0.29, 0.717) is 22.5 Å². The van der Waals surface area contributed by atoms with Crippen LogP contribution in [-0.2, 0) is 4.79 Å². The van der Waals surface area contributed by atoms with Crippen molar-refractivity contribution in [2.24, 2.45) is 5.92 Å². The van der Waals surface area contributed by atoms with Crippen LogP contribution in [0.15, 0.2) is 48.8 Å². The van der Waals surface area contributed by atoms with Gasteiger partial charge in [0.1, 0.15) is 18.1 Å². The quantitative estimate of drug-likeness (QED) is 0.421. The number of hydrogen-bond acceptors (Lipinski definition) is 6. The van der Waals surface area contributed by atoms with Crippen molar-refractivity contribution >= 4 is 34.3 Å². The van der Waals surface area contributed by atoms with Gasteiger partial charge < -0.3 is 20.8 Å². The number of nitrogens with one attached hydrogen (secondary N) is 2. The number of carbonyl (C=O) groups excluding carboxylic acids is 1. The lowest BCUT2D eigenvalue weighted by atomic mass is 10.0. The number of aromatic carboxylic acids is 1. The number of alkyl halides is 2. The molecule has 1 heterocycles. The number of carbonyl (C=O) groups is 2. The van der Waals surface area contributed by atoms with Crippen molar-refractivity contribution in [3.8, 4) is 0 Å². The third-order valence-corrected chi connectivity index (χ3v) is 5.32. The zero-order valence-electron chi connectivity index (χ0n) is 16.8. The molecule has 0 aliphatic heterocycles. The molecule has 4 rings (SSSR count). The first-order valence-electron chi connectivity index (χ1n) is 9.93. The Morgan fingerprint density at radius 1 is 1.19 bits per heavy atom. The summed E-state index contributed by atoms with van der Waals surface area (Å²) in [5.74, 6) is -5.73. The van der Waals surface area contributed by atoms with Crippen molar-refractivity contribution in [2.75, 3.05) is 17.2 Å². The number of aliphatic hydroxyl groups excluding tert-OH is 1. The van der Waals surface area contributed by atoms with Crippen molar-refractivity contribution in [1.29, 1.82) is 0 Å². The Bertz CT molecular complexity index is 1190. The van der Waals surface area contributed by atoms with Crippen LogP contribution in [0.25, 0.3) is 10.9 Å². The maximum absolute atomic E-state index is 13.2. The third-order valence-electron chi connectivity index (χ3n) is 5.32. The fraction of sp³-hybridized carbons (Fsp3) is 0.273. The molecule has 1 amide bonds. The predicted octanol–water partition coefficient (Wildman–Crippen LogP) is 3.46. The molecule has 8 nitrogen and oxygen atoms in total. The lowest BCUT2D eigenvalue weighted by Gasteiger charge is -2.21. The third kappa shape index (κ3) is 4.35. The van der Waals surface area contributed by atoms with Crippen LogP contribution in [-0.4, -0.2) is 44.6 Å². The zero-order valence-corrected chi connectivity index (χ0v) is 16.8. The SMILES string of the molecule is O=C(O)c1cccc2c(NC(CCO)c3cccc(NC(=O)C4CC4(F)F)c3)ncnc12. The minimum atomic E-state index is -2.95. The zero-order chi connectivity index (χ0) is 22.9. The number of carboxylic acid groups (broad SMARTS) is 1. The number of aromatic nitrogens is 2. The summed E-state index contributed by atoms with van der Waals surface area (Å²) >= 11 is 0. The van der Waals surface area contributed by atoms with Gasteiger partial charge in [-0.05, 0) is 36.2 Å². The van der Waals surface area contributed by atoms with Gasteiger partial charge >= 0.3 is 5.97 Å². The minimum absolute atomic E-state index is 0.0354. The molecule has 1 aromatic heterocycles. The molecule has 32 heavy (non-hydrogen) atoms. The molecule has 3 aromatic rings. The van der Waals surface area contributed by atoms with Gasteiger partial charge in [-0.3, -0.25) is 4.79 Å². The van der Waals surface area contributed by atoms with E-state index in [1.807, 2.05) is 0 Å². The van der Waals surface area contributed by atoms with Gasteiger partial charge in [-0.1, -0.05) is 18.2 Å². The molecule has 2 unspecified atom stereocenters. The molecule has 0 bridgehead atoms. The van der Waals surface area contributed by atoms with Crippen molar-refractivity contribution in [3.63, 3.8) is 0 Å². The highest BCUT2D eigenvalue weighted by Crippen LogP contribution is 2.49. The van der Waals surface area contributed by atoms with Crippen molar-refractivity contribution in [2.45, 2.75) is 24.8 Å². The van der Waals surface area contributed by atoms with E-state index >= 15 is 0 Å². The molecule has 0 radical (unpaired) electrons. The maximum atomic E-state index is 13.2. The number of rotatable bonds is 8. The van der Waals surface area contributed by atoms with Crippen LogP contribution in [0, 0.1) is 5.92 Å². The summed E-state index contributed by atoms with van der Waals surface area (Å²) < 4.78 is 26.3. The Balaban J connectivity index is 1.61. The Morgan fingerprint density at radius 3 is 2.62 bits per heavy atom. The first kappa shape index (κ1) is 21.6. The van der Waals surface area contributed by atoms with Gasteiger partial charge in [-0.25, -0.2) is 23.5 Å². The topological polar surface area (TPSA) is 124 Å². The molecule has 0 spiro atoms. The molecule has 166 valence electrons. The molecular weight excluding hydrogens is 422 g/mol. The summed E-state index contributed by atoms with van der Waals surface area (Å²) in [4.78, 5) is 31.8. The molecule has 1 aliphatic rings. The minimum Gasteiger partial charge on any atom is -0.478 e. The van der Waals surface area contributed by atoms with Gasteiger partial charge in [-0.15, -0.1) is 0 Å². The first-order valence-corrected chi connectivity index (χ1v) is 9.93. The van der Waals surface area contributed by atoms with Crippen LogP contribution >= 0.6 is 0 Å². The van der Waals surface area contributed by atoms with E-state index in [9.17, 15) is 28.6 Å². The van der Waals surface area contributed by atoms with Crippen LogP contribution < -0.4 is 10.6 Å². The number of carboxylic acids is 1. The standard InChI is InChI=1S/C22H20F2N4O4/c23-22(24)10-16(22)20(30)27-13-4-1-3-12(9-13)17(7-8-29)28-19-14-5-2-6-15(21(31)32)18(14)25-11-26-19/h1-6,9,11,16-17,29H,7-8,10H2,(H,27,30)(H,31,32)(H,25,26,28). The second kappa shape index (κ2) is 8.46. The predicted molar refractivity (Wildman–Crippen MR) is 113 cm³/mol. The van der Waals surface area contributed by atoms with E-state index in [4.69, 9.17) is 0 Å². The number of halogens is 2. The summed E-state index contributed by atoms with van der Waals surface area (Å²) in [6.45, 7) is -0.161. The lowest BCUT2D eigenvalue weighted by Crippen LogP contribution is -2.18. The van der Waals surface area contributed by atoms with E-state index in [0.717, 1.165) is 0 Å². The van der Waals surface area contributed by atoms with Gasteiger partial charge in [0.2, 0.25) is 5.91 Å². The summed E-state index contributed by atoms with van der Waals surface area (Å²) in [6.07, 6.45) is 1.08. The summed E-state index contributed by atoms with van der Waals surface area (Å²) in [6, 6.07) is 10.9. The van der Waals surface area contributed by atoms with Crippen LogP contribution in [0.3, 0.4) is 0 Å². The van der Waals surface area contributed by atoms with E-state index < -0.39 is 36.2 Å². The molecule has 2 atom stereocenters. The second-order valence-corrected chi connectivity index (χ2v) is 7.57. The average molecular weight is 442 g/mol. The highest BCUT2D eigenvalue weighted by Gasteiger charge is 2.61. The summed E-state index contributed by atoms with van der Waals surface area (Å²) in [5, 5.41) is 25.2. The van der Waals surface area contributed by atoms with Gasteiger partial charge in [-0.2, -0.15) is 0 Å². The number of aliphatic hydroxyl groups is 1. The normalized spacial score (nSPS) is 17.5. The molecule has 4 N–H and O–H groups in total. The van der Waals surface area contributed by atoms with Crippen molar-refractivity contribution < 1.29 is 28.6 Å². The van der Waals surface area contributed by atoms with E-state index in [1.165, 1.54) is 12.4 Å². The Hall–Kier alpha value is -3.66. The number of para-hydroxylation sites is 1. The van der Waals surface area contributed by atoms with E-state index in [1.54, 1.807) is 36.4 Å². The second-order valence-electron chi connectivity index (χ2n) is 7.57. The lowest BCUT2D eigenvalue weighted by molar-refractivity contribution is -0.119. The van der Waals surface area contributed by atoms with Crippen molar-refractivity contribution in [1.82, 2.24) is 9.97 Å². The molecule has 2 aromatic carbocycles. The number of benzene rings is 2. The van der Waals surface area contributed by atoms with Gasteiger partial charge in [0.05, 0.1) is 17.1 Å².